The molecule has 5 heteroatoms. The third kappa shape index (κ3) is 4.52. The molecular formula is C28H20N4O. The van der Waals surface area contributed by atoms with Crippen LogP contribution in [0.25, 0.3) is 33.5 Å². The largest absolute Gasteiger partial charge is 0.271 e. The highest BCUT2D eigenvalue weighted by atomic mass is 16.2. The van der Waals surface area contributed by atoms with Gasteiger partial charge in [-0.05, 0) is 23.8 Å². The fourth-order valence-corrected chi connectivity index (χ4v) is 3.56. The summed E-state index contributed by atoms with van der Waals surface area (Å²) in [6, 6.07) is 34.8. The molecule has 0 saturated carbocycles. The minimum atomic E-state index is -0.306. The molecule has 0 spiro atoms. The van der Waals surface area contributed by atoms with E-state index in [1.165, 1.54) is 0 Å². The van der Waals surface area contributed by atoms with Crippen molar-refractivity contribution in [3.05, 3.63) is 120 Å². The second-order valence-corrected chi connectivity index (χ2v) is 7.47. The van der Waals surface area contributed by atoms with E-state index >= 15 is 0 Å². The summed E-state index contributed by atoms with van der Waals surface area (Å²) >= 11 is 0. The van der Waals surface area contributed by atoms with Crippen molar-refractivity contribution < 1.29 is 4.79 Å². The molecule has 0 atom stereocenters. The minimum Gasteiger partial charge on any atom is -0.267 e. The van der Waals surface area contributed by atoms with E-state index in [0.717, 1.165) is 33.6 Å². The molecule has 1 N–H and O–H groups in total. The molecule has 0 aliphatic rings. The average Bonchev–Trinajstić information content (AvgIpc) is 2.89. The van der Waals surface area contributed by atoms with Gasteiger partial charge in [0.05, 0.1) is 28.6 Å². The van der Waals surface area contributed by atoms with Crippen molar-refractivity contribution in [1.29, 1.82) is 0 Å². The van der Waals surface area contributed by atoms with Crippen LogP contribution in [0, 0.1) is 0 Å². The Hall–Kier alpha value is -4.64. The molecule has 5 rings (SSSR count). The number of rotatable bonds is 5. The molecule has 158 valence electrons. The maximum atomic E-state index is 12.6. The highest BCUT2D eigenvalue weighted by Gasteiger charge is 2.14. The van der Waals surface area contributed by atoms with Crippen molar-refractivity contribution in [1.82, 2.24) is 15.4 Å². The monoisotopic (exact) mass is 428 g/mol. The Bertz CT molecular complexity index is 1430. The third-order valence-corrected chi connectivity index (χ3v) is 5.20. The fraction of sp³-hybridized carbons (Fsp3) is 0. The highest BCUT2D eigenvalue weighted by Crippen LogP contribution is 2.31. The molecular weight excluding hydrogens is 408 g/mol. The standard InChI is InChI=1S/C28H20N4O/c33-28(32-29-19-20-10-4-1-5-11-20)23-16-17-24-25(18-23)31-27(22-14-8-3-9-15-22)26(30-24)21-12-6-2-7-13-21/h1-19H,(H,32,33). The normalized spacial score (nSPS) is 11.0. The van der Waals surface area contributed by atoms with Gasteiger partial charge in [-0.25, -0.2) is 15.4 Å². The lowest BCUT2D eigenvalue weighted by Gasteiger charge is -2.11. The van der Waals surface area contributed by atoms with Gasteiger partial charge in [-0.15, -0.1) is 0 Å². The Labute approximate surface area is 191 Å². The first-order chi connectivity index (χ1) is 16.3. The summed E-state index contributed by atoms with van der Waals surface area (Å²) in [5.74, 6) is -0.306. The van der Waals surface area contributed by atoms with Crippen LogP contribution in [-0.2, 0) is 0 Å². The van der Waals surface area contributed by atoms with E-state index < -0.39 is 0 Å². The highest BCUT2D eigenvalue weighted by molar-refractivity contribution is 5.98. The average molecular weight is 428 g/mol. The van der Waals surface area contributed by atoms with Crippen LogP contribution in [0.2, 0.25) is 0 Å². The number of benzene rings is 4. The molecule has 5 aromatic rings. The van der Waals surface area contributed by atoms with Crippen LogP contribution in [0.4, 0.5) is 0 Å². The van der Waals surface area contributed by atoms with Crippen molar-refractivity contribution in [2.24, 2.45) is 5.10 Å². The molecule has 5 nitrogen and oxygen atoms in total. The van der Waals surface area contributed by atoms with Crippen LogP contribution >= 0.6 is 0 Å². The number of nitrogens with one attached hydrogen (secondary N) is 1. The summed E-state index contributed by atoms with van der Waals surface area (Å²) < 4.78 is 0. The summed E-state index contributed by atoms with van der Waals surface area (Å²) in [6.45, 7) is 0. The zero-order valence-corrected chi connectivity index (χ0v) is 17.7. The lowest BCUT2D eigenvalue weighted by Crippen LogP contribution is -2.17. The van der Waals surface area contributed by atoms with E-state index in [9.17, 15) is 4.79 Å². The van der Waals surface area contributed by atoms with Crippen molar-refractivity contribution >= 4 is 23.2 Å². The SMILES string of the molecule is O=C(NN=Cc1ccccc1)c1ccc2nc(-c3ccccc3)c(-c3ccccc3)nc2c1. The van der Waals surface area contributed by atoms with Crippen LogP contribution in [0.1, 0.15) is 15.9 Å². The number of nitrogens with zero attached hydrogens (tertiary/aromatic N) is 3. The smallest absolute Gasteiger partial charge is 0.267 e. The summed E-state index contributed by atoms with van der Waals surface area (Å²) in [4.78, 5) is 22.5. The summed E-state index contributed by atoms with van der Waals surface area (Å²) in [5, 5.41) is 4.06. The maximum absolute atomic E-state index is 12.6. The Balaban J connectivity index is 1.51. The minimum absolute atomic E-state index is 0.306. The molecule has 1 heterocycles. The van der Waals surface area contributed by atoms with Gasteiger partial charge in [-0.1, -0.05) is 91.0 Å². The molecule has 0 fully saturated rings. The van der Waals surface area contributed by atoms with E-state index in [1.54, 1.807) is 18.3 Å². The Kier molecular flexibility index (Phi) is 5.68. The molecule has 1 amide bonds. The van der Waals surface area contributed by atoms with Crippen molar-refractivity contribution in [2.45, 2.75) is 0 Å². The number of amides is 1. The van der Waals surface area contributed by atoms with Crippen molar-refractivity contribution in [2.75, 3.05) is 0 Å². The van der Waals surface area contributed by atoms with Crippen molar-refractivity contribution in [3.63, 3.8) is 0 Å². The second kappa shape index (κ2) is 9.24. The van der Waals surface area contributed by atoms with Crippen LogP contribution in [-0.4, -0.2) is 22.1 Å². The zero-order valence-electron chi connectivity index (χ0n) is 17.7. The van der Waals surface area contributed by atoms with E-state index in [-0.39, 0.29) is 5.91 Å². The summed E-state index contributed by atoms with van der Waals surface area (Å²) in [5.41, 5.74) is 8.85. The van der Waals surface area contributed by atoms with E-state index in [2.05, 4.69) is 10.5 Å². The van der Waals surface area contributed by atoms with Gasteiger partial charge in [0.2, 0.25) is 0 Å². The number of aromatic nitrogens is 2. The quantitative estimate of drug-likeness (QED) is 0.287. The van der Waals surface area contributed by atoms with Gasteiger partial charge >= 0.3 is 0 Å². The molecule has 0 aliphatic heterocycles. The van der Waals surface area contributed by atoms with Gasteiger partial charge in [0.25, 0.3) is 5.91 Å². The van der Waals surface area contributed by atoms with Crippen LogP contribution in [0.5, 0.6) is 0 Å². The van der Waals surface area contributed by atoms with Gasteiger partial charge in [0.1, 0.15) is 0 Å². The second-order valence-electron chi connectivity index (χ2n) is 7.47. The molecule has 0 unspecified atom stereocenters. The Morgan fingerprint density at radius 2 is 1.21 bits per heavy atom. The van der Waals surface area contributed by atoms with Crippen LogP contribution in [0.15, 0.2) is 114 Å². The number of hydrogen-bond acceptors (Lipinski definition) is 4. The number of fused-ring (bicyclic) bond motifs is 1. The molecule has 4 aromatic carbocycles. The maximum Gasteiger partial charge on any atom is 0.271 e. The molecule has 0 radical (unpaired) electrons. The Morgan fingerprint density at radius 3 is 1.82 bits per heavy atom. The number of carbonyl (C=O) groups is 1. The first kappa shape index (κ1) is 20.3. The summed E-state index contributed by atoms with van der Waals surface area (Å²) in [6.07, 6.45) is 1.61. The first-order valence-electron chi connectivity index (χ1n) is 10.6. The third-order valence-electron chi connectivity index (χ3n) is 5.20. The van der Waals surface area contributed by atoms with Gasteiger partial charge in [0.15, 0.2) is 0 Å². The predicted molar refractivity (Wildman–Crippen MR) is 132 cm³/mol. The molecule has 1 aromatic heterocycles. The van der Waals surface area contributed by atoms with Gasteiger partial charge in [-0.3, -0.25) is 4.79 Å². The molecule has 33 heavy (non-hydrogen) atoms. The fourth-order valence-electron chi connectivity index (χ4n) is 3.56. The van der Waals surface area contributed by atoms with Crippen LogP contribution in [0.3, 0.4) is 0 Å². The lowest BCUT2D eigenvalue weighted by atomic mass is 10.0. The van der Waals surface area contributed by atoms with E-state index in [1.807, 2.05) is 97.1 Å². The number of hydrazone groups is 1. The van der Waals surface area contributed by atoms with Gasteiger partial charge < -0.3 is 0 Å². The molecule has 0 bridgehead atoms. The first-order valence-corrected chi connectivity index (χ1v) is 10.6. The zero-order chi connectivity index (χ0) is 22.5. The number of carbonyl (C=O) groups excluding carboxylic acids is 1. The number of hydrogen-bond donors (Lipinski definition) is 1. The topological polar surface area (TPSA) is 67.2 Å². The van der Waals surface area contributed by atoms with E-state index in [4.69, 9.17) is 9.97 Å². The molecule has 0 saturated heterocycles. The molecule has 0 aliphatic carbocycles. The van der Waals surface area contributed by atoms with Crippen molar-refractivity contribution in [3.8, 4) is 22.5 Å². The predicted octanol–water partition coefficient (Wildman–Crippen LogP) is 5.73. The van der Waals surface area contributed by atoms with E-state index in [0.29, 0.717) is 11.1 Å². The van der Waals surface area contributed by atoms with Gasteiger partial charge in [0, 0.05) is 16.7 Å². The lowest BCUT2D eigenvalue weighted by molar-refractivity contribution is 0.0955. The van der Waals surface area contributed by atoms with Crippen LogP contribution < -0.4 is 5.43 Å². The Morgan fingerprint density at radius 1 is 0.667 bits per heavy atom. The van der Waals surface area contributed by atoms with Gasteiger partial charge in [-0.2, -0.15) is 5.10 Å². The summed E-state index contributed by atoms with van der Waals surface area (Å²) in [7, 11) is 0.